The summed E-state index contributed by atoms with van der Waals surface area (Å²) in [5.41, 5.74) is 3.60. The maximum Gasteiger partial charge on any atom is 0.214 e. The fourth-order valence-electron chi connectivity index (χ4n) is 2.91. The Morgan fingerprint density at radius 2 is 1.92 bits per heavy atom. The fourth-order valence-corrected chi connectivity index (χ4v) is 4.18. The molecule has 122 valence electrons. The number of hydrogen-bond donors (Lipinski definition) is 0. The van der Waals surface area contributed by atoms with Crippen molar-refractivity contribution in [2.24, 2.45) is 7.05 Å². The summed E-state index contributed by atoms with van der Waals surface area (Å²) >= 11 is 7.97. The van der Waals surface area contributed by atoms with Crippen LogP contribution in [0.15, 0.2) is 64.7 Å². The zero-order valence-corrected chi connectivity index (χ0v) is 17.1. The van der Waals surface area contributed by atoms with Gasteiger partial charge >= 0.3 is 0 Å². The Kier molecular flexibility index (Phi) is 5.08. The fraction of sp³-hybridized carbons (Fsp3) is 0.105. The van der Waals surface area contributed by atoms with Crippen LogP contribution in [0.25, 0.3) is 17.0 Å². The minimum atomic E-state index is 0. The van der Waals surface area contributed by atoms with Crippen molar-refractivity contribution in [3.63, 3.8) is 0 Å². The standard InChI is InChI=1S/C19H16ClN2S.HI/c1-21-10-9-13(15-8-7-14(20)12-17(15)21)11-19-22(2)16-5-3-4-6-18(16)23-19;/h3-12H,1-2H3;1H/q+1;/p-1. The third-order valence-corrected chi connectivity index (χ3v) is 5.58. The van der Waals surface area contributed by atoms with Gasteiger partial charge in [-0.15, -0.1) is 0 Å². The first-order chi connectivity index (χ1) is 11.1. The van der Waals surface area contributed by atoms with Crippen molar-refractivity contribution >= 4 is 46.0 Å². The maximum absolute atomic E-state index is 6.16. The first-order valence-corrected chi connectivity index (χ1v) is 8.63. The van der Waals surface area contributed by atoms with E-state index in [1.165, 1.54) is 26.6 Å². The van der Waals surface area contributed by atoms with Crippen molar-refractivity contribution in [2.75, 3.05) is 11.9 Å². The van der Waals surface area contributed by atoms with Crippen molar-refractivity contribution in [3.8, 4) is 0 Å². The summed E-state index contributed by atoms with van der Waals surface area (Å²) in [6.07, 6.45) is 4.33. The van der Waals surface area contributed by atoms with Crippen LogP contribution in [-0.4, -0.2) is 7.05 Å². The molecule has 1 aliphatic heterocycles. The van der Waals surface area contributed by atoms with Crippen LogP contribution in [-0.2, 0) is 7.05 Å². The Morgan fingerprint density at radius 3 is 2.71 bits per heavy atom. The Hall–Kier alpha value is -1.24. The lowest BCUT2D eigenvalue weighted by molar-refractivity contribution is -0.644. The predicted octanol–water partition coefficient (Wildman–Crippen LogP) is 1.86. The molecular formula is C19H16ClIN2S. The Morgan fingerprint density at radius 1 is 1.12 bits per heavy atom. The molecule has 0 saturated heterocycles. The SMILES string of the molecule is CN1C(=Cc2cc[n+](C)c3cc(Cl)ccc23)Sc2ccccc21.[I-]. The molecule has 0 N–H and O–H groups in total. The lowest BCUT2D eigenvalue weighted by Gasteiger charge is -2.13. The van der Waals surface area contributed by atoms with Gasteiger partial charge in [-0.1, -0.05) is 35.5 Å². The van der Waals surface area contributed by atoms with Gasteiger partial charge in [-0.25, -0.2) is 4.57 Å². The number of aryl methyl sites for hydroxylation is 1. The van der Waals surface area contributed by atoms with E-state index in [-0.39, 0.29) is 24.0 Å². The van der Waals surface area contributed by atoms with Crippen LogP contribution in [0, 0.1) is 0 Å². The van der Waals surface area contributed by atoms with E-state index in [1.807, 2.05) is 30.9 Å². The van der Waals surface area contributed by atoms with Gasteiger partial charge in [0.25, 0.3) is 0 Å². The molecule has 0 spiro atoms. The van der Waals surface area contributed by atoms with Gasteiger partial charge in [0.15, 0.2) is 6.20 Å². The second-order valence-electron chi connectivity index (χ2n) is 5.65. The molecule has 4 rings (SSSR count). The van der Waals surface area contributed by atoms with Crippen molar-refractivity contribution in [3.05, 3.63) is 70.3 Å². The van der Waals surface area contributed by atoms with Gasteiger partial charge in [0.05, 0.1) is 16.1 Å². The van der Waals surface area contributed by atoms with E-state index < -0.39 is 0 Å². The molecule has 0 amide bonds. The number of benzene rings is 2. The number of pyridine rings is 1. The summed E-state index contributed by atoms with van der Waals surface area (Å²) in [5.74, 6) is 0. The van der Waals surface area contributed by atoms with Crippen LogP contribution in [0.3, 0.4) is 0 Å². The molecule has 0 unspecified atom stereocenters. The number of halogens is 2. The number of nitrogens with zero attached hydrogens (tertiary/aromatic N) is 2. The molecule has 2 heterocycles. The summed E-state index contributed by atoms with van der Waals surface area (Å²) in [4.78, 5) is 3.55. The predicted molar refractivity (Wildman–Crippen MR) is 98.8 cm³/mol. The third kappa shape index (κ3) is 3.03. The molecule has 0 fully saturated rings. The first-order valence-electron chi connectivity index (χ1n) is 7.44. The van der Waals surface area contributed by atoms with E-state index in [4.69, 9.17) is 11.6 Å². The Balaban J connectivity index is 0.00000169. The average Bonchev–Trinajstić information content (AvgIpc) is 2.87. The van der Waals surface area contributed by atoms with E-state index in [2.05, 4.69) is 65.2 Å². The van der Waals surface area contributed by atoms with Crippen LogP contribution in [0.1, 0.15) is 5.56 Å². The molecule has 0 bridgehead atoms. The van der Waals surface area contributed by atoms with E-state index in [0.717, 1.165) is 10.5 Å². The van der Waals surface area contributed by atoms with E-state index in [1.54, 1.807) is 0 Å². The molecule has 24 heavy (non-hydrogen) atoms. The highest BCUT2D eigenvalue weighted by Crippen LogP contribution is 2.45. The highest BCUT2D eigenvalue weighted by Gasteiger charge is 2.21. The third-order valence-electron chi connectivity index (χ3n) is 4.18. The van der Waals surface area contributed by atoms with Crippen LogP contribution >= 0.6 is 23.4 Å². The molecule has 3 aromatic rings. The van der Waals surface area contributed by atoms with Crippen LogP contribution in [0.2, 0.25) is 5.02 Å². The average molecular weight is 467 g/mol. The number of thioether (sulfide) groups is 1. The highest BCUT2D eigenvalue weighted by molar-refractivity contribution is 8.03. The normalized spacial score (nSPS) is 14.8. The van der Waals surface area contributed by atoms with Gasteiger partial charge in [0, 0.05) is 29.1 Å². The number of fused-ring (bicyclic) bond motifs is 2. The monoisotopic (exact) mass is 466 g/mol. The quantitative estimate of drug-likeness (QED) is 0.399. The number of rotatable bonds is 1. The van der Waals surface area contributed by atoms with Crippen LogP contribution in [0.4, 0.5) is 5.69 Å². The van der Waals surface area contributed by atoms with Gasteiger partial charge in [-0.2, -0.15) is 0 Å². The molecule has 2 aromatic carbocycles. The topological polar surface area (TPSA) is 7.12 Å². The smallest absolute Gasteiger partial charge is 0.214 e. The summed E-state index contributed by atoms with van der Waals surface area (Å²) in [6, 6.07) is 16.7. The summed E-state index contributed by atoms with van der Waals surface area (Å²) < 4.78 is 2.10. The molecule has 5 heteroatoms. The van der Waals surface area contributed by atoms with Crippen LogP contribution in [0.5, 0.6) is 0 Å². The van der Waals surface area contributed by atoms with Crippen LogP contribution < -0.4 is 33.4 Å². The first kappa shape index (κ1) is 17.6. The Labute approximate surface area is 168 Å². The number of aromatic nitrogens is 1. The second kappa shape index (κ2) is 6.94. The largest absolute Gasteiger partial charge is 1.00 e. The van der Waals surface area contributed by atoms with Crippen molar-refractivity contribution in [2.45, 2.75) is 4.90 Å². The molecule has 1 aromatic heterocycles. The molecule has 0 atom stereocenters. The summed E-state index contributed by atoms with van der Waals surface area (Å²) in [5, 5.41) is 3.20. The number of hydrogen-bond acceptors (Lipinski definition) is 2. The number of para-hydroxylation sites is 1. The molecule has 0 aliphatic carbocycles. The van der Waals surface area contributed by atoms with E-state index in [0.29, 0.717) is 0 Å². The summed E-state index contributed by atoms with van der Waals surface area (Å²) in [7, 11) is 4.16. The lowest BCUT2D eigenvalue weighted by Crippen LogP contribution is -3.00. The van der Waals surface area contributed by atoms with Crippen molar-refractivity contribution in [1.82, 2.24) is 0 Å². The zero-order valence-electron chi connectivity index (χ0n) is 13.3. The van der Waals surface area contributed by atoms with E-state index in [9.17, 15) is 0 Å². The van der Waals surface area contributed by atoms with E-state index >= 15 is 0 Å². The van der Waals surface area contributed by atoms with Gasteiger partial charge in [-0.3, -0.25) is 0 Å². The zero-order chi connectivity index (χ0) is 16.0. The molecule has 2 nitrogen and oxygen atoms in total. The van der Waals surface area contributed by atoms with Gasteiger partial charge in [0.1, 0.15) is 7.05 Å². The second-order valence-corrected chi connectivity index (χ2v) is 7.15. The molecule has 0 saturated carbocycles. The highest BCUT2D eigenvalue weighted by atomic mass is 127. The van der Waals surface area contributed by atoms with Gasteiger partial charge in [-0.05, 0) is 35.9 Å². The van der Waals surface area contributed by atoms with Crippen molar-refractivity contribution in [1.29, 1.82) is 0 Å². The minimum absolute atomic E-state index is 0. The molecule has 0 radical (unpaired) electrons. The maximum atomic E-state index is 6.16. The number of anilines is 1. The van der Waals surface area contributed by atoms with Crippen molar-refractivity contribution < 1.29 is 28.5 Å². The van der Waals surface area contributed by atoms with Gasteiger partial charge in [0.2, 0.25) is 5.52 Å². The molecule has 1 aliphatic rings. The van der Waals surface area contributed by atoms with Gasteiger partial charge < -0.3 is 28.9 Å². The molecular weight excluding hydrogens is 451 g/mol. The Bertz CT molecular complexity index is 955. The summed E-state index contributed by atoms with van der Waals surface area (Å²) in [6.45, 7) is 0. The lowest BCUT2D eigenvalue weighted by atomic mass is 10.1. The minimum Gasteiger partial charge on any atom is -1.00 e.